The Labute approximate surface area is 137 Å². The van der Waals surface area contributed by atoms with E-state index in [1.807, 2.05) is 36.4 Å². The molecule has 2 aliphatic carbocycles. The average molecular weight is 306 g/mol. The molecule has 2 saturated carbocycles. The van der Waals surface area contributed by atoms with Gasteiger partial charge in [0, 0.05) is 0 Å². The van der Waals surface area contributed by atoms with Gasteiger partial charge < -0.3 is 5.11 Å². The van der Waals surface area contributed by atoms with Gasteiger partial charge in [-0.15, -0.1) is 0 Å². The van der Waals surface area contributed by atoms with Crippen molar-refractivity contribution in [3.63, 3.8) is 0 Å². The van der Waals surface area contributed by atoms with Gasteiger partial charge >= 0.3 is 5.97 Å². The van der Waals surface area contributed by atoms with Gasteiger partial charge in [-0.2, -0.15) is 0 Å². The molecule has 0 aromatic heterocycles. The molecular weight excluding hydrogens is 284 g/mol. The van der Waals surface area contributed by atoms with Gasteiger partial charge in [0.1, 0.15) is 5.41 Å². The summed E-state index contributed by atoms with van der Waals surface area (Å²) in [5, 5.41) is 10.1. The minimum absolute atomic E-state index is 0.0456. The zero-order valence-corrected chi connectivity index (χ0v) is 13.2. The highest BCUT2D eigenvalue weighted by atomic mass is 16.4. The minimum atomic E-state index is -0.651. The van der Waals surface area contributed by atoms with E-state index < -0.39 is 11.4 Å². The van der Waals surface area contributed by atoms with Crippen molar-refractivity contribution < 1.29 is 9.90 Å². The van der Waals surface area contributed by atoms with Gasteiger partial charge in [-0.3, -0.25) is 4.79 Å². The molecular formula is C21H22O2. The predicted octanol–water partition coefficient (Wildman–Crippen LogP) is 4.44. The van der Waals surface area contributed by atoms with Gasteiger partial charge in [-0.1, -0.05) is 67.1 Å². The van der Waals surface area contributed by atoms with E-state index in [0.29, 0.717) is 5.92 Å². The lowest BCUT2D eigenvalue weighted by atomic mass is 9.79. The summed E-state index contributed by atoms with van der Waals surface area (Å²) in [6.45, 7) is 0. The van der Waals surface area contributed by atoms with E-state index >= 15 is 0 Å². The Balaban J connectivity index is 1.67. The summed E-state index contributed by atoms with van der Waals surface area (Å²) in [5.74, 6) is -0.319. The van der Waals surface area contributed by atoms with Crippen LogP contribution < -0.4 is 0 Å². The summed E-state index contributed by atoms with van der Waals surface area (Å²) in [6.07, 6.45) is 5.21. The fourth-order valence-electron chi connectivity index (χ4n) is 5.35. The summed E-state index contributed by atoms with van der Waals surface area (Å²) >= 11 is 0. The number of aryl methyl sites for hydroxylation is 1. The number of hydrogen-bond donors (Lipinski definition) is 1. The number of fused-ring (bicyclic) bond motifs is 1. The van der Waals surface area contributed by atoms with E-state index in [0.717, 1.165) is 31.2 Å². The molecule has 0 radical (unpaired) electrons. The van der Waals surface area contributed by atoms with Crippen LogP contribution in [0.25, 0.3) is 0 Å². The molecule has 0 aliphatic heterocycles. The lowest BCUT2D eigenvalue weighted by Crippen LogP contribution is -2.30. The highest BCUT2D eigenvalue weighted by molar-refractivity contribution is 5.89. The highest BCUT2D eigenvalue weighted by Crippen LogP contribution is 2.78. The normalized spacial score (nSPS) is 31.6. The SMILES string of the molecule is O=C(O)[C@]1(c2ccccc2)[C@H]2CCC[C@]21CCc1ccccc1. The van der Waals surface area contributed by atoms with E-state index in [1.54, 1.807) is 0 Å². The van der Waals surface area contributed by atoms with Crippen molar-refractivity contribution in [1.82, 2.24) is 0 Å². The van der Waals surface area contributed by atoms with E-state index in [-0.39, 0.29) is 5.41 Å². The number of hydrogen-bond acceptors (Lipinski definition) is 1. The summed E-state index contributed by atoms with van der Waals surface area (Å²) in [4.78, 5) is 12.3. The fraction of sp³-hybridized carbons (Fsp3) is 0.381. The van der Waals surface area contributed by atoms with E-state index in [2.05, 4.69) is 24.3 Å². The third-order valence-corrected chi connectivity index (χ3v) is 6.28. The predicted molar refractivity (Wildman–Crippen MR) is 90.3 cm³/mol. The topological polar surface area (TPSA) is 37.3 Å². The number of rotatable bonds is 5. The molecule has 4 rings (SSSR count). The number of carboxylic acid groups (broad SMARTS) is 1. The molecule has 2 aromatic carbocycles. The van der Waals surface area contributed by atoms with Crippen LogP contribution in [0, 0.1) is 11.3 Å². The molecule has 1 N–H and O–H groups in total. The third-order valence-electron chi connectivity index (χ3n) is 6.28. The molecule has 0 saturated heterocycles. The molecule has 23 heavy (non-hydrogen) atoms. The largest absolute Gasteiger partial charge is 0.481 e. The number of carboxylic acids is 1. The smallest absolute Gasteiger partial charge is 0.315 e. The maximum atomic E-state index is 12.3. The first kappa shape index (κ1) is 14.5. The second-order valence-corrected chi connectivity index (χ2v) is 7.07. The fourth-order valence-corrected chi connectivity index (χ4v) is 5.35. The quantitative estimate of drug-likeness (QED) is 0.886. The van der Waals surface area contributed by atoms with E-state index in [4.69, 9.17) is 0 Å². The van der Waals surface area contributed by atoms with Crippen molar-refractivity contribution in [2.75, 3.05) is 0 Å². The zero-order chi connectivity index (χ0) is 15.9. The molecule has 2 fully saturated rings. The van der Waals surface area contributed by atoms with Crippen molar-refractivity contribution in [1.29, 1.82) is 0 Å². The van der Waals surface area contributed by atoms with Crippen LogP contribution in [0.1, 0.15) is 36.8 Å². The Morgan fingerprint density at radius 3 is 2.35 bits per heavy atom. The number of benzene rings is 2. The minimum Gasteiger partial charge on any atom is -0.481 e. The third kappa shape index (κ3) is 1.90. The molecule has 0 amide bonds. The molecule has 0 spiro atoms. The van der Waals surface area contributed by atoms with Gasteiger partial charge in [-0.25, -0.2) is 0 Å². The molecule has 0 unspecified atom stereocenters. The maximum absolute atomic E-state index is 12.3. The highest BCUT2D eigenvalue weighted by Gasteiger charge is 2.81. The summed E-state index contributed by atoms with van der Waals surface area (Å²) < 4.78 is 0. The van der Waals surface area contributed by atoms with Gasteiger partial charge in [0.25, 0.3) is 0 Å². The van der Waals surface area contributed by atoms with E-state index in [1.165, 1.54) is 12.0 Å². The van der Waals surface area contributed by atoms with Crippen LogP contribution in [0.5, 0.6) is 0 Å². The van der Waals surface area contributed by atoms with Crippen LogP contribution in [0.3, 0.4) is 0 Å². The molecule has 2 aliphatic rings. The van der Waals surface area contributed by atoms with Gasteiger partial charge in [0.2, 0.25) is 0 Å². The standard InChI is InChI=1S/C21H22O2/c22-19(23)21(17-10-5-2-6-11-17)18-12-7-14-20(18,21)15-13-16-8-3-1-4-9-16/h1-6,8-11,18H,7,12-15H2,(H,22,23)/t18-,20-,21-/m0/s1. The lowest BCUT2D eigenvalue weighted by molar-refractivity contribution is -0.141. The first-order valence-corrected chi connectivity index (χ1v) is 8.55. The Hall–Kier alpha value is -2.09. The van der Waals surface area contributed by atoms with Gasteiger partial charge in [-0.05, 0) is 48.1 Å². The first-order chi connectivity index (χ1) is 11.2. The molecule has 0 heterocycles. The van der Waals surface area contributed by atoms with Crippen LogP contribution in [0.2, 0.25) is 0 Å². The number of aliphatic carboxylic acids is 1. The Kier molecular flexibility index (Phi) is 3.29. The van der Waals surface area contributed by atoms with Crippen LogP contribution in [-0.2, 0) is 16.6 Å². The van der Waals surface area contributed by atoms with Crippen molar-refractivity contribution in [3.05, 3.63) is 71.8 Å². The lowest BCUT2D eigenvalue weighted by Gasteiger charge is -2.23. The summed E-state index contributed by atoms with van der Waals surface area (Å²) in [6, 6.07) is 20.4. The Morgan fingerprint density at radius 2 is 1.70 bits per heavy atom. The van der Waals surface area contributed by atoms with Gasteiger partial charge in [0.05, 0.1) is 0 Å². The second-order valence-electron chi connectivity index (χ2n) is 7.07. The van der Waals surface area contributed by atoms with Crippen molar-refractivity contribution in [3.8, 4) is 0 Å². The van der Waals surface area contributed by atoms with Crippen molar-refractivity contribution in [2.24, 2.45) is 11.3 Å². The summed E-state index contributed by atoms with van der Waals surface area (Å²) in [5.41, 5.74) is 1.62. The first-order valence-electron chi connectivity index (χ1n) is 8.55. The molecule has 3 atom stereocenters. The van der Waals surface area contributed by atoms with Crippen molar-refractivity contribution >= 4 is 5.97 Å². The average Bonchev–Trinajstić information content (AvgIpc) is 2.92. The van der Waals surface area contributed by atoms with Crippen LogP contribution in [0.4, 0.5) is 0 Å². The maximum Gasteiger partial charge on any atom is 0.315 e. The Bertz CT molecular complexity index is 709. The molecule has 2 heteroatoms. The summed E-state index contributed by atoms with van der Waals surface area (Å²) in [7, 11) is 0. The molecule has 2 nitrogen and oxygen atoms in total. The van der Waals surface area contributed by atoms with Crippen molar-refractivity contribution in [2.45, 2.75) is 37.5 Å². The zero-order valence-electron chi connectivity index (χ0n) is 13.2. The molecule has 2 aromatic rings. The van der Waals surface area contributed by atoms with Gasteiger partial charge in [0.15, 0.2) is 0 Å². The Morgan fingerprint density at radius 1 is 1.04 bits per heavy atom. The van der Waals surface area contributed by atoms with Crippen LogP contribution in [-0.4, -0.2) is 11.1 Å². The number of carbonyl (C=O) groups is 1. The second kappa shape index (κ2) is 5.23. The van der Waals surface area contributed by atoms with Crippen LogP contribution in [0.15, 0.2) is 60.7 Å². The monoisotopic (exact) mass is 306 g/mol. The molecule has 118 valence electrons. The molecule has 0 bridgehead atoms. The van der Waals surface area contributed by atoms with E-state index in [9.17, 15) is 9.90 Å². The van der Waals surface area contributed by atoms with Crippen LogP contribution >= 0.6 is 0 Å².